The third kappa shape index (κ3) is 5.12. The Balaban J connectivity index is 1.42. The van der Waals surface area contributed by atoms with Gasteiger partial charge < -0.3 is 19.5 Å². The molecular weight excluding hydrogens is 342 g/mol. The van der Waals surface area contributed by atoms with Crippen LogP contribution in [0.5, 0.6) is 5.75 Å². The summed E-state index contributed by atoms with van der Waals surface area (Å²) in [7, 11) is 1.74. The standard InChI is InChI=1S/C21H27N3O3/c1-16-13-19(14-20(25)23(16)2)27-18-10-12-24(15-18)21(26)22-11-6-9-17-7-4-3-5-8-17/h3-5,7-8,13-14,18H,6,9-12,15H2,1-2H3,(H,22,26). The maximum Gasteiger partial charge on any atom is 0.317 e. The molecule has 6 nitrogen and oxygen atoms in total. The van der Waals surface area contributed by atoms with Crippen molar-refractivity contribution in [2.75, 3.05) is 19.6 Å². The van der Waals surface area contributed by atoms with E-state index < -0.39 is 0 Å². The van der Waals surface area contributed by atoms with E-state index in [9.17, 15) is 9.59 Å². The van der Waals surface area contributed by atoms with E-state index in [1.54, 1.807) is 16.5 Å². The Bertz CT molecular complexity index is 832. The minimum atomic E-state index is -0.0870. The zero-order valence-electron chi connectivity index (χ0n) is 16.0. The molecule has 0 radical (unpaired) electrons. The number of hydrogen-bond acceptors (Lipinski definition) is 3. The molecule has 3 rings (SSSR count). The molecule has 1 saturated heterocycles. The average Bonchev–Trinajstić information content (AvgIpc) is 3.12. The van der Waals surface area contributed by atoms with Gasteiger partial charge in [-0.05, 0) is 31.4 Å². The summed E-state index contributed by atoms with van der Waals surface area (Å²) < 4.78 is 7.50. The van der Waals surface area contributed by atoms with Gasteiger partial charge in [-0.1, -0.05) is 30.3 Å². The van der Waals surface area contributed by atoms with E-state index in [4.69, 9.17) is 4.74 Å². The van der Waals surface area contributed by atoms with Crippen molar-refractivity contribution in [2.24, 2.45) is 7.05 Å². The fourth-order valence-electron chi connectivity index (χ4n) is 3.25. The number of amides is 2. The molecule has 1 aliphatic heterocycles. The highest BCUT2D eigenvalue weighted by molar-refractivity contribution is 5.74. The van der Waals surface area contributed by atoms with E-state index >= 15 is 0 Å². The number of urea groups is 1. The van der Waals surface area contributed by atoms with E-state index in [2.05, 4.69) is 17.4 Å². The molecule has 0 aliphatic carbocycles. The van der Waals surface area contributed by atoms with Crippen LogP contribution in [0, 0.1) is 6.92 Å². The Kier molecular flexibility index (Phi) is 6.16. The zero-order valence-corrected chi connectivity index (χ0v) is 16.0. The lowest BCUT2D eigenvalue weighted by molar-refractivity contribution is 0.186. The highest BCUT2D eigenvalue weighted by Gasteiger charge is 2.27. The molecule has 1 aliphatic rings. The second-order valence-corrected chi connectivity index (χ2v) is 7.03. The first-order chi connectivity index (χ1) is 13.0. The molecular formula is C21H27N3O3. The lowest BCUT2D eigenvalue weighted by Gasteiger charge is -2.18. The number of benzene rings is 1. The summed E-state index contributed by atoms with van der Waals surface area (Å²) in [5.74, 6) is 0.575. The molecule has 27 heavy (non-hydrogen) atoms. The number of ether oxygens (including phenoxy) is 1. The molecule has 0 bridgehead atoms. The van der Waals surface area contributed by atoms with E-state index in [0.717, 1.165) is 25.0 Å². The van der Waals surface area contributed by atoms with Crippen LogP contribution < -0.4 is 15.6 Å². The number of hydrogen-bond donors (Lipinski definition) is 1. The molecule has 1 aromatic heterocycles. The van der Waals surface area contributed by atoms with Crippen LogP contribution in [0.4, 0.5) is 4.79 Å². The molecule has 2 aromatic rings. The fraction of sp³-hybridized carbons (Fsp3) is 0.429. The van der Waals surface area contributed by atoms with Gasteiger partial charge in [0.15, 0.2) is 0 Å². The van der Waals surface area contributed by atoms with Crippen LogP contribution in [0.25, 0.3) is 0 Å². The lowest BCUT2D eigenvalue weighted by Crippen LogP contribution is -2.39. The molecule has 1 aromatic carbocycles. The number of rotatable bonds is 6. The molecule has 6 heteroatoms. The van der Waals surface area contributed by atoms with Gasteiger partial charge in [-0.15, -0.1) is 0 Å². The van der Waals surface area contributed by atoms with Crippen LogP contribution in [0.1, 0.15) is 24.1 Å². The number of carbonyl (C=O) groups excluding carboxylic acids is 1. The first-order valence-electron chi connectivity index (χ1n) is 9.44. The van der Waals surface area contributed by atoms with Crippen LogP contribution in [0.15, 0.2) is 47.3 Å². The van der Waals surface area contributed by atoms with Gasteiger partial charge in [-0.3, -0.25) is 4.79 Å². The highest BCUT2D eigenvalue weighted by atomic mass is 16.5. The Morgan fingerprint density at radius 1 is 1.26 bits per heavy atom. The number of aryl methyl sites for hydroxylation is 2. The maximum atomic E-state index is 12.3. The van der Waals surface area contributed by atoms with Gasteiger partial charge in [-0.2, -0.15) is 0 Å². The average molecular weight is 369 g/mol. The maximum absolute atomic E-state index is 12.3. The number of aromatic nitrogens is 1. The highest BCUT2D eigenvalue weighted by Crippen LogP contribution is 2.18. The minimum absolute atomic E-state index is 0.0469. The summed E-state index contributed by atoms with van der Waals surface area (Å²) in [4.78, 5) is 26.0. The van der Waals surface area contributed by atoms with E-state index in [1.165, 1.54) is 11.6 Å². The quantitative estimate of drug-likeness (QED) is 0.796. The SMILES string of the molecule is Cc1cc(OC2CCN(C(=O)NCCCc3ccccc3)C2)cc(=O)n1C. The van der Waals surface area contributed by atoms with Crippen LogP contribution in [0.3, 0.4) is 0 Å². The monoisotopic (exact) mass is 369 g/mol. The summed E-state index contributed by atoms with van der Waals surface area (Å²) in [6.45, 7) is 3.74. The Morgan fingerprint density at radius 3 is 2.78 bits per heavy atom. The summed E-state index contributed by atoms with van der Waals surface area (Å²) in [6.07, 6.45) is 2.56. The van der Waals surface area contributed by atoms with Crippen molar-refractivity contribution < 1.29 is 9.53 Å². The molecule has 1 fully saturated rings. The van der Waals surface area contributed by atoms with Crippen molar-refractivity contribution in [3.8, 4) is 5.75 Å². The van der Waals surface area contributed by atoms with Gasteiger partial charge in [-0.25, -0.2) is 4.79 Å². The van der Waals surface area contributed by atoms with Crippen molar-refractivity contribution >= 4 is 6.03 Å². The molecule has 2 amide bonds. The Hall–Kier alpha value is -2.76. The number of nitrogens with zero attached hydrogens (tertiary/aromatic N) is 2. The lowest BCUT2D eigenvalue weighted by atomic mass is 10.1. The third-order valence-electron chi connectivity index (χ3n) is 4.97. The van der Waals surface area contributed by atoms with Crippen molar-refractivity contribution in [3.05, 3.63) is 64.1 Å². The van der Waals surface area contributed by atoms with E-state index in [-0.39, 0.29) is 17.7 Å². The normalized spacial score (nSPS) is 16.4. The second kappa shape index (κ2) is 8.75. The summed E-state index contributed by atoms with van der Waals surface area (Å²) in [5.41, 5.74) is 2.05. The number of likely N-dealkylation sites (tertiary alicyclic amines) is 1. The smallest absolute Gasteiger partial charge is 0.317 e. The minimum Gasteiger partial charge on any atom is -0.488 e. The van der Waals surface area contributed by atoms with Gasteiger partial charge >= 0.3 is 6.03 Å². The topological polar surface area (TPSA) is 63.6 Å². The van der Waals surface area contributed by atoms with E-state index in [1.807, 2.05) is 31.2 Å². The largest absolute Gasteiger partial charge is 0.488 e. The van der Waals surface area contributed by atoms with Crippen molar-refractivity contribution in [3.63, 3.8) is 0 Å². The summed E-state index contributed by atoms with van der Waals surface area (Å²) in [6, 6.07) is 13.6. The van der Waals surface area contributed by atoms with Gasteiger partial charge in [0.2, 0.25) is 0 Å². The van der Waals surface area contributed by atoms with Crippen LogP contribution in [0.2, 0.25) is 0 Å². The second-order valence-electron chi connectivity index (χ2n) is 7.03. The fourth-order valence-corrected chi connectivity index (χ4v) is 3.25. The first-order valence-corrected chi connectivity index (χ1v) is 9.44. The molecule has 2 heterocycles. The molecule has 144 valence electrons. The van der Waals surface area contributed by atoms with Crippen LogP contribution in [-0.4, -0.2) is 41.2 Å². The van der Waals surface area contributed by atoms with Crippen LogP contribution in [-0.2, 0) is 13.5 Å². The van der Waals surface area contributed by atoms with Crippen molar-refractivity contribution in [2.45, 2.75) is 32.3 Å². The zero-order chi connectivity index (χ0) is 19.2. The van der Waals surface area contributed by atoms with Crippen molar-refractivity contribution in [1.82, 2.24) is 14.8 Å². The Morgan fingerprint density at radius 2 is 2.04 bits per heavy atom. The summed E-state index contributed by atoms with van der Waals surface area (Å²) in [5, 5.41) is 2.98. The van der Waals surface area contributed by atoms with Gasteiger partial charge in [0.25, 0.3) is 5.56 Å². The predicted molar refractivity (Wildman–Crippen MR) is 105 cm³/mol. The van der Waals surface area contributed by atoms with Crippen LogP contribution >= 0.6 is 0 Å². The van der Waals surface area contributed by atoms with Gasteiger partial charge in [0.1, 0.15) is 11.9 Å². The summed E-state index contributed by atoms with van der Waals surface area (Å²) >= 11 is 0. The number of nitrogens with one attached hydrogen (secondary N) is 1. The number of carbonyl (C=O) groups is 1. The molecule has 1 unspecified atom stereocenters. The molecule has 0 spiro atoms. The van der Waals surface area contributed by atoms with Gasteiger partial charge in [0.05, 0.1) is 6.54 Å². The molecule has 1 atom stereocenters. The van der Waals surface area contributed by atoms with Gasteiger partial charge in [0, 0.05) is 38.3 Å². The Labute approximate surface area is 159 Å². The van der Waals surface area contributed by atoms with Crippen molar-refractivity contribution in [1.29, 1.82) is 0 Å². The molecule has 1 N–H and O–H groups in total. The predicted octanol–water partition coefficient (Wildman–Crippen LogP) is 2.49. The first kappa shape index (κ1) is 19.0. The van der Waals surface area contributed by atoms with E-state index in [0.29, 0.717) is 25.4 Å². The molecule has 0 saturated carbocycles. The number of pyridine rings is 1. The third-order valence-corrected chi connectivity index (χ3v) is 4.97.